The van der Waals surface area contributed by atoms with Gasteiger partial charge in [-0.3, -0.25) is 4.79 Å². The number of halogens is 1. The molecular weight excluding hydrogens is 282 g/mol. The summed E-state index contributed by atoms with van der Waals surface area (Å²) < 4.78 is 0. The van der Waals surface area contributed by atoms with Gasteiger partial charge in [-0.25, -0.2) is 0 Å². The van der Waals surface area contributed by atoms with Gasteiger partial charge in [-0.15, -0.1) is 11.6 Å². The Labute approximate surface area is 130 Å². The predicted octanol–water partition coefficient (Wildman–Crippen LogP) is 4.56. The molecule has 0 unspecified atom stereocenters. The van der Waals surface area contributed by atoms with E-state index in [-0.39, 0.29) is 5.91 Å². The summed E-state index contributed by atoms with van der Waals surface area (Å²) in [6.07, 6.45) is 4.61. The molecule has 1 amide bonds. The summed E-state index contributed by atoms with van der Waals surface area (Å²) in [6, 6.07) is 13.6. The van der Waals surface area contributed by atoms with Crippen LogP contribution in [0.4, 0.5) is 5.69 Å². The first-order valence-electron chi connectivity index (χ1n) is 7.35. The fourth-order valence-electron chi connectivity index (χ4n) is 2.84. The molecule has 0 bridgehead atoms. The summed E-state index contributed by atoms with van der Waals surface area (Å²) in [4.78, 5) is 12.4. The van der Waals surface area contributed by atoms with Crippen LogP contribution in [0.1, 0.15) is 39.9 Å². The van der Waals surface area contributed by atoms with E-state index in [1.54, 1.807) is 0 Å². The van der Waals surface area contributed by atoms with E-state index in [9.17, 15) is 4.79 Å². The average molecular weight is 300 g/mol. The summed E-state index contributed by atoms with van der Waals surface area (Å²) in [5.41, 5.74) is 5.31. The highest BCUT2D eigenvalue weighted by Gasteiger charge is 2.15. The Hall–Kier alpha value is -1.80. The lowest BCUT2D eigenvalue weighted by Crippen LogP contribution is -2.15. The topological polar surface area (TPSA) is 29.1 Å². The molecule has 1 aliphatic carbocycles. The highest BCUT2D eigenvalue weighted by molar-refractivity contribution is 6.17. The van der Waals surface area contributed by atoms with E-state index in [4.69, 9.17) is 11.6 Å². The van der Waals surface area contributed by atoms with Crippen LogP contribution in [0.15, 0.2) is 42.5 Å². The van der Waals surface area contributed by atoms with E-state index in [1.807, 2.05) is 36.4 Å². The van der Waals surface area contributed by atoms with Crippen LogP contribution in [0, 0.1) is 0 Å². The van der Waals surface area contributed by atoms with E-state index >= 15 is 0 Å². The Kier molecular flexibility index (Phi) is 4.26. The van der Waals surface area contributed by atoms with Gasteiger partial charge < -0.3 is 5.32 Å². The Balaban J connectivity index is 1.81. The minimum absolute atomic E-state index is 0.0601. The van der Waals surface area contributed by atoms with Crippen LogP contribution in [0.3, 0.4) is 0 Å². The first-order chi connectivity index (χ1) is 10.3. The Bertz CT molecular complexity index is 649. The molecular formula is C18H18ClNO. The van der Waals surface area contributed by atoms with E-state index in [2.05, 4.69) is 11.4 Å². The highest BCUT2D eigenvalue weighted by Crippen LogP contribution is 2.28. The third-order valence-electron chi connectivity index (χ3n) is 4.01. The number of anilines is 1. The third-order valence-corrected chi connectivity index (χ3v) is 4.32. The van der Waals surface area contributed by atoms with Crippen molar-refractivity contribution in [2.45, 2.75) is 31.6 Å². The van der Waals surface area contributed by atoms with Gasteiger partial charge in [0.25, 0.3) is 5.91 Å². The molecule has 2 aromatic carbocycles. The number of hydrogen-bond acceptors (Lipinski definition) is 1. The molecule has 0 saturated heterocycles. The Morgan fingerprint density at radius 2 is 1.81 bits per heavy atom. The van der Waals surface area contributed by atoms with Crippen molar-refractivity contribution in [1.29, 1.82) is 0 Å². The molecule has 0 aliphatic heterocycles. The molecule has 0 radical (unpaired) electrons. The summed E-state index contributed by atoms with van der Waals surface area (Å²) >= 11 is 5.77. The van der Waals surface area contributed by atoms with Gasteiger partial charge in [0.1, 0.15) is 0 Å². The van der Waals surface area contributed by atoms with Gasteiger partial charge in [0, 0.05) is 17.1 Å². The lowest BCUT2D eigenvalue weighted by Gasteiger charge is -2.19. The minimum atomic E-state index is -0.0601. The predicted molar refractivity (Wildman–Crippen MR) is 87.0 cm³/mol. The molecule has 0 aromatic heterocycles. The smallest absolute Gasteiger partial charge is 0.255 e. The first-order valence-corrected chi connectivity index (χ1v) is 7.88. The van der Waals surface area contributed by atoms with Crippen LogP contribution in [-0.2, 0) is 18.7 Å². The van der Waals surface area contributed by atoms with E-state index < -0.39 is 0 Å². The van der Waals surface area contributed by atoms with Gasteiger partial charge in [0.2, 0.25) is 0 Å². The molecule has 1 N–H and O–H groups in total. The maximum absolute atomic E-state index is 12.4. The number of amides is 1. The molecule has 2 nitrogen and oxygen atoms in total. The molecule has 0 spiro atoms. The van der Waals surface area contributed by atoms with Crippen LogP contribution in [0.25, 0.3) is 0 Å². The van der Waals surface area contributed by atoms with Crippen molar-refractivity contribution in [2.24, 2.45) is 0 Å². The zero-order chi connectivity index (χ0) is 14.7. The van der Waals surface area contributed by atoms with Crippen molar-refractivity contribution in [1.82, 2.24) is 0 Å². The van der Waals surface area contributed by atoms with Crippen LogP contribution in [-0.4, -0.2) is 5.91 Å². The maximum Gasteiger partial charge on any atom is 0.255 e. The molecule has 3 heteroatoms. The van der Waals surface area contributed by atoms with Crippen molar-refractivity contribution in [3.05, 3.63) is 64.7 Å². The number of aryl methyl sites for hydroxylation is 1. The van der Waals surface area contributed by atoms with E-state index in [0.717, 1.165) is 24.1 Å². The average Bonchev–Trinajstić information content (AvgIpc) is 2.55. The van der Waals surface area contributed by atoms with Crippen molar-refractivity contribution < 1.29 is 4.79 Å². The number of nitrogens with one attached hydrogen (secondary N) is 1. The Morgan fingerprint density at radius 1 is 1.05 bits per heavy atom. The monoisotopic (exact) mass is 299 g/mol. The van der Waals surface area contributed by atoms with Gasteiger partial charge in [-0.2, -0.15) is 0 Å². The first kappa shape index (κ1) is 14.2. The molecule has 0 fully saturated rings. The lowest BCUT2D eigenvalue weighted by molar-refractivity contribution is 0.102. The second-order valence-corrected chi connectivity index (χ2v) is 5.70. The number of fused-ring (bicyclic) bond motifs is 1. The molecule has 108 valence electrons. The van der Waals surface area contributed by atoms with Crippen molar-refractivity contribution in [3.63, 3.8) is 0 Å². The second-order valence-electron chi connectivity index (χ2n) is 5.44. The fraction of sp³-hybridized carbons (Fsp3) is 0.278. The van der Waals surface area contributed by atoms with Crippen LogP contribution in [0.5, 0.6) is 0 Å². The van der Waals surface area contributed by atoms with Gasteiger partial charge in [-0.05, 0) is 60.6 Å². The van der Waals surface area contributed by atoms with Crippen LogP contribution >= 0.6 is 11.6 Å². The molecule has 0 saturated carbocycles. The SMILES string of the molecule is O=C(Nc1cccc2c1CCCC2)c1ccc(CCl)cc1. The number of rotatable bonds is 3. The number of carbonyl (C=O) groups excluding carboxylic acids is 1. The van der Waals surface area contributed by atoms with Gasteiger partial charge in [-0.1, -0.05) is 24.3 Å². The van der Waals surface area contributed by atoms with Gasteiger partial charge >= 0.3 is 0 Å². The zero-order valence-corrected chi connectivity index (χ0v) is 12.6. The van der Waals surface area contributed by atoms with Crippen molar-refractivity contribution >= 4 is 23.2 Å². The Morgan fingerprint density at radius 3 is 2.57 bits per heavy atom. The third kappa shape index (κ3) is 3.11. The fourth-order valence-corrected chi connectivity index (χ4v) is 3.02. The van der Waals surface area contributed by atoms with E-state index in [1.165, 1.54) is 24.0 Å². The summed E-state index contributed by atoms with van der Waals surface area (Å²) in [5, 5.41) is 3.05. The van der Waals surface area contributed by atoms with Crippen molar-refractivity contribution in [3.8, 4) is 0 Å². The molecule has 0 heterocycles. The quantitative estimate of drug-likeness (QED) is 0.827. The molecule has 1 aliphatic rings. The normalized spacial score (nSPS) is 13.6. The van der Waals surface area contributed by atoms with E-state index in [0.29, 0.717) is 11.4 Å². The summed E-state index contributed by atoms with van der Waals surface area (Å²) in [7, 11) is 0. The zero-order valence-electron chi connectivity index (χ0n) is 11.9. The number of carbonyl (C=O) groups is 1. The second kappa shape index (κ2) is 6.31. The highest BCUT2D eigenvalue weighted by atomic mass is 35.5. The van der Waals surface area contributed by atoms with Crippen LogP contribution < -0.4 is 5.32 Å². The largest absolute Gasteiger partial charge is 0.322 e. The number of alkyl halides is 1. The molecule has 21 heavy (non-hydrogen) atoms. The molecule has 2 aromatic rings. The molecule has 3 rings (SSSR count). The summed E-state index contributed by atoms with van der Waals surface area (Å²) in [5.74, 6) is 0.406. The van der Waals surface area contributed by atoms with Gasteiger partial charge in [0.05, 0.1) is 0 Å². The maximum atomic E-state index is 12.4. The summed E-state index contributed by atoms with van der Waals surface area (Å²) in [6.45, 7) is 0. The lowest BCUT2D eigenvalue weighted by atomic mass is 9.90. The standard InChI is InChI=1S/C18H18ClNO/c19-12-13-8-10-15(11-9-13)18(21)20-17-7-3-5-14-4-1-2-6-16(14)17/h3,5,7-11H,1-2,4,6,12H2,(H,20,21). The number of benzene rings is 2. The van der Waals surface area contributed by atoms with Gasteiger partial charge in [0.15, 0.2) is 0 Å². The minimum Gasteiger partial charge on any atom is -0.322 e. The molecule has 0 atom stereocenters. The number of hydrogen-bond donors (Lipinski definition) is 1. The van der Waals surface area contributed by atoms with Crippen molar-refractivity contribution in [2.75, 3.05) is 5.32 Å². The van der Waals surface area contributed by atoms with Crippen LogP contribution in [0.2, 0.25) is 0 Å².